The minimum atomic E-state index is -0.315. The van der Waals surface area contributed by atoms with E-state index in [1.54, 1.807) is 0 Å². The SMILES string of the molecule is CCCCCN1CC(C(N)=O)=Cc2ccccc21. The van der Waals surface area contributed by atoms with Crippen LogP contribution in [0.15, 0.2) is 29.8 Å². The van der Waals surface area contributed by atoms with Gasteiger partial charge in [0, 0.05) is 24.4 Å². The third-order valence-corrected chi connectivity index (χ3v) is 3.32. The van der Waals surface area contributed by atoms with Crippen molar-refractivity contribution < 1.29 is 4.79 Å². The summed E-state index contributed by atoms with van der Waals surface area (Å²) < 4.78 is 0. The molecule has 0 fully saturated rings. The van der Waals surface area contributed by atoms with Crippen molar-refractivity contribution in [1.29, 1.82) is 0 Å². The van der Waals surface area contributed by atoms with Crippen LogP contribution in [0.5, 0.6) is 0 Å². The van der Waals surface area contributed by atoms with Gasteiger partial charge in [0.1, 0.15) is 0 Å². The topological polar surface area (TPSA) is 46.3 Å². The van der Waals surface area contributed by atoms with Crippen LogP contribution in [-0.4, -0.2) is 19.0 Å². The fourth-order valence-corrected chi connectivity index (χ4v) is 2.32. The molecule has 0 unspecified atom stereocenters. The van der Waals surface area contributed by atoms with E-state index in [4.69, 9.17) is 5.73 Å². The van der Waals surface area contributed by atoms with Gasteiger partial charge in [0.25, 0.3) is 0 Å². The van der Waals surface area contributed by atoms with Crippen molar-refractivity contribution in [2.24, 2.45) is 5.73 Å². The van der Waals surface area contributed by atoms with Gasteiger partial charge >= 0.3 is 0 Å². The average molecular weight is 244 g/mol. The van der Waals surface area contributed by atoms with Gasteiger partial charge in [0.2, 0.25) is 5.91 Å². The number of amides is 1. The van der Waals surface area contributed by atoms with Gasteiger partial charge in [-0.3, -0.25) is 4.79 Å². The number of unbranched alkanes of at least 4 members (excludes halogenated alkanes) is 2. The number of carbonyl (C=O) groups excluding carboxylic acids is 1. The first kappa shape index (κ1) is 12.7. The molecular formula is C15H20N2O. The summed E-state index contributed by atoms with van der Waals surface area (Å²) in [5.41, 5.74) is 8.41. The van der Waals surface area contributed by atoms with Crippen LogP contribution in [0.4, 0.5) is 5.69 Å². The van der Waals surface area contributed by atoms with Gasteiger partial charge in [0.15, 0.2) is 0 Å². The van der Waals surface area contributed by atoms with Crippen LogP contribution in [0.2, 0.25) is 0 Å². The maximum absolute atomic E-state index is 11.4. The zero-order valence-electron chi connectivity index (χ0n) is 10.9. The molecule has 2 rings (SSSR count). The molecule has 1 aliphatic heterocycles. The van der Waals surface area contributed by atoms with Crippen LogP contribution in [-0.2, 0) is 4.79 Å². The van der Waals surface area contributed by atoms with Crippen LogP contribution in [0.25, 0.3) is 6.08 Å². The second-order valence-corrected chi connectivity index (χ2v) is 4.72. The number of nitrogens with zero attached hydrogens (tertiary/aromatic N) is 1. The molecule has 1 aromatic carbocycles. The van der Waals surface area contributed by atoms with E-state index in [2.05, 4.69) is 17.9 Å². The minimum Gasteiger partial charge on any atom is -0.367 e. The van der Waals surface area contributed by atoms with Crippen molar-refractivity contribution in [3.8, 4) is 0 Å². The second kappa shape index (κ2) is 5.71. The molecule has 0 radical (unpaired) electrons. The summed E-state index contributed by atoms with van der Waals surface area (Å²) in [5.74, 6) is -0.315. The Labute approximate surface area is 108 Å². The highest BCUT2D eigenvalue weighted by molar-refractivity contribution is 5.99. The number of rotatable bonds is 5. The van der Waals surface area contributed by atoms with Gasteiger partial charge in [-0.1, -0.05) is 38.0 Å². The van der Waals surface area contributed by atoms with Crippen LogP contribution in [0.3, 0.4) is 0 Å². The van der Waals surface area contributed by atoms with Crippen LogP contribution in [0, 0.1) is 0 Å². The number of hydrogen-bond acceptors (Lipinski definition) is 2. The number of carbonyl (C=O) groups is 1. The molecule has 3 heteroatoms. The summed E-state index contributed by atoms with van der Waals surface area (Å²) in [4.78, 5) is 13.6. The predicted molar refractivity (Wildman–Crippen MR) is 75.4 cm³/mol. The van der Waals surface area contributed by atoms with Crippen LogP contribution < -0.4 is 10.6 Å². The first-order valence-corrected chi connectivity index (χ1v) is 6.56. The van der Waals surface area contributed by atoms with Crippen LogP contribution >= 0.6 is 0 Å². The van der Waals surface area contributed by atoms with E-state index in [0.29, 0.717) is 12.1 Å². The monoisotopic (exact) mass is 244 g/mol. The number of para-hydroxylation sites is 1. The fraction of sp³-hybridized carbons (Fsp3) is 0.400. The van der Waals surface area contributed by atoms with E-state index in [9.17, 15) is 4.79 Å². The number of nitrogens with two attached hydrogens (primary N) is 1. The number of hydrogen-bond donors (Lipinski definition) is 1. The second-order valence-electron chi connectivity index (χ2n) is 4.72. The van der Waals surface area contributed by atoms with Gasteiger partial charge in [-0.25, -0.2) is 0 Å². The highest BCUT2D eigenvalue weighted by Crippen LogP contribution is 2.28. The average Bonchev–Trinajstić information content (AvgIpc) is 2.38. The maximum atomic E-state index is 11.4. The van der Waals surface area contributed by atoms with E-state index in [-0.39, 0.29) is 5.91 Å². The molecule has 0 aromatic heterocycles. The van der Waals surface area contributed by atoms with E-state index in [1.165, 1.54) is 18.5 Å². The van der Waals surface area contributed by atoms with Gasteiger partial charge < -0.3 is 10.6 Å². The molecule has 1 heterocycles. The number of primary amides is 1. The lowest BCUT2D eigenvalue weighted by molar-refractivity contribution is -0.114. The van der Waals surface area contributed by atoms with Gasteiger partial charge in [-0.05, 0) is 24.1 Å². The zero-order chi connectivity index (χ0) is 13.0. The zero-order valence-corrected chi connectivity index (χ0v) is 10.9. The third-order valence-electron chi connectivity index (χ3n) is 3.32. The maximum Gasteiger partial charge on any atom is 0.246 e. The first-order valence-electron chi connectivity index (χ1n) is 6.56. The molecule has 2 N–H and O–H groups in total. The largest absolute Gasteiger partial charge is 0.367 e. The molecule has 0 saturated heterocycles. The minimum absolute atomic E-state index is 0.315. The van der Waals surface area contributed by atoms with Crippen molar-refractivity contribution in [3.05, 3.63) is 35.4 Å². The Balaban J connectivity index is 2.21. The van der Waals surface area contributed by atoms with E-state index < -0.39 is 0 Å². The van der Waals surface area contributed by atoms with E-state index >= 15 is 0 Å². The molecule has 96 valence electrons. The molecule has 3 nitrogen and oxygen atoms in total. The van der Waals surface area contributed by atoms with Crippen molar-refractivity contribution in [1.82, 2.24) is 0 Å². The molecule has 0 spiro atoms. The van der Waals surface area contributed by atoms with Crippen molar-refractivity contribution in [3.63, 3.8) is 0 Å². The first-order chi connectivity index (χ1) is 8.72. The Morgan fingerprint density at radius 1 is 1.33 bits per heavy atom. The Bertz CT molecular complexity index is 465. The Kier molecular flexibility index (Phi) is 4.03. The van der Waals surface area contributed by atoms with Gasteiger partial charge in [-0.2, -0.15) is 0 Å². The molecule has 0 saturated carbocycles. The number of benzene rings is 1. The van der Waals surface area contributed by atoms with Crippen molar-refractivity contribution in [2.75, 3.05) is 18.0 Å². The molecule has 18 heavy (non-hydrogen) atoms. The van der Waals surface area contributed by atoms with Gasteiger partial charge in [-0.15, -0.1) is 0 Å². The molecule has 1 aromatic rings. The predicted octanol–water partition coefficient (Wildman–Crippen LogP) is 2.57. The Morgan fingerprint density at radius 3 is 2.83 bits per heavy atom. The lowest BCUT2D eigenvalue weighted by atomic mass is 10.0. The fourth-order valence-electron chi connectivity index (χ4n) is 2.32. The quantitative estimate of drug-likeness (QED) is 0.809. The molecule has 1 aliphatic rings. The van der Waals surface area contributed by atoms with E-state index in [0.717, 1.165) is 18.5 Å². The smallest absolute Gasteiger partial charge is 0.246 e. The molecule has 0 aliphatic carbocycles. The molecule has 0 atom stereocenters. The van der Waals surface area contributed by atoms with Crippen molar-refractivity contribution >= 4 is 17.7 Å². The molecule has 1 amide bonds. The lowest BCUT2D eigenvalue weighted by Gasteiger charge is -2.30. The summed E-state index contributed by atoms with van der Waals surface area (Å²) in [7, 11) is 0. The third kappa shape index (κ3) is 2.73. The van der Waals surface area contributed by atoms with Crippen molar-refractivity contribution in [2.45, 2.75) is 26.2 Å². The molecular weight excluding hydrogens is 224 g/mol. The standard InChI is InChI=1S/C15H20N2O/c1-2-3-6-9-17-11-13(15(16)18)10-12-7-4-5-8-14(12)17/h4-5,7-8,10H,2-3,6,9,11H2,1H3,(H2,16,18). The van der Waals surface area contributed by atoms with Crippen LogP contribution in [0.1, 0.15) is 31.7 Å². The summed E-state index contributed by atoms with van der Waals surface area (Å²) in [6.07, 6.45) is 5.48. The highest BCUT2D eigenvalue weighted by atomic mass is 16.1. The Hall–Kier alpha value is -1.77. The number of anilines is 1. The summed E-state index contributed by atoms with van der Waals surface area (Å²) in [5, 5.41) is 0. The summed E-state index contributed by atoms with van der Waals surface area (Å²) in [6, 6.07) is 8.16. The normalized spacial score (nSPS) is 14.1. The lowest BCUT2D eigenvalue weighted by Crippen LogP contribution is -2.33. The van der Waals surface area contributed by atoms with Gasteiger partial charge in [0.05, 0.1) is 0 Å². The van der Waals surface area contributed by atoms with E-state index in [1.807, 2.05) is 24.3 Å². The summed E-state index contributed by atoms with van der Waals surface area (Å²) in [6.45, 7) is 3.81. The summed E-state index contributed by atoms with van der Waals surface area (Å²) >= 11 is 0. The molecule has 0 bridgehead atoms. The highest BCUT2D eigenvalue weighted by Gasteiger charge is 2.19. The number of fused-ring (bicyclic) bond motifs is 1. The Morgan fingerprint density at radius 2 is 2.11 bits per heavy atom.